The van der Waals surface area contributed by atoms with Gasteiger partial charge in [-0.15, -0.1) is 0 Å². The highest BCUT2D eigenvalue weighted by Crippen LogP contribution is 2.24. The molecule has 3 nitrogen and oxygen atoms in total. The SMILES string of the molecule is N#Cc1ccc(Br)cc1NCc1coc2ccccc12. The fraction of sp³-hybridized carbons (Fsp3) is 0.0625. The molecule has 0 aliphatic carbocycles. The monoisotopic (exact) mass is 326 g/mol. The molecule has 0 unspecified atom stereocenters. The van der Waals surface area contributed by atoms with Gasteiger partial charge in [0.1, 0.15) is 11.7 Å². The molecule has 0 amide bonds. The molecule has 2 aromatic carbocycles. The minimum atomic E-state index is 0.613. The topological polar surface area (TPSA) is 49.0 Å². The van der Waals surface area contributed by atoms with Gasteiger partial charge in [0.2, 0.25) is 0 Å². The van der Waals surface area contributed by atoms with Crippen molar-refractivity contribution in [3.05, 3.63) is 64.3 Å². The van der Waals surface area contributed by atoms with Crippen LogP contribution in [0.3, 0.4) is 0 Å². The standard InChI is InChI=1S/C16H11BrN2O/c17-13-6-5-11(8-18)15(7-13)19-9-12-10-20-16-4-2-1-3-14(12)16/h1-7,10,19H,9H2. The first-order chi connectivity index (χ1) is 9.78. The van der Waals surface area contributed by atoms with Crippen molar-refractivity contribution in [1.82, 2.24) is 0 Å². The Labute approximate surface area is 125 Å². The van der Waals surface area contributed by atoms with Gasteiger partial charge in [-0.25, -0.2) is 0 Å². The molecule has 0 saturated carbocycles. The van der Waals surface area contributed by atoms with Gasteiger partial charge in [-0.05, 0) is 24.3 Å². The van der Waals surface area contributed by atoms with Crippen LogP contribution in [-0.4, -0.2) is 0 Å². The predicted molar refractivity (Wildman–Crippen MR) is 82.4 cm³/mol. The predicted octanol–water partition coefficient (Wildman–Crippen LogP) is 4.68. The molecule has 3 aromatic rings. The molecule has 0 fully saturated rings. The van der Waals surface area contributed by atoms with E-state index in [9.17, 15) is 0 Å². The fourth-order valence-corrected chi connectivity index (χ4v) is 2.48. The number of para-hydroxylation sites is 1. The van der Waals surface area contributed by atoms with Gasteiger partial charge in [-0.3, -0.25) is 0 Å². The first-order valence-corrected chi connectivity index (χ1v) is 6.96. The first-order valence-electron chi connectivity index (χ1n) is 6.16. The van der Waals surface area contributed by atoms with E-state index in [1.165, 1.54) is 0 Å². The number of benzene rings is 2. The highest BCUT2D eigenvalue weighted by molar-refractivity contribution is 9.10. The van der Waals surface area contributed by atoms with Gasteiger partial charge >= 0.3 is 0 Å². The van der Waals surface area contributed by atoms with Crippen LogP contribution in [-0.2, 0) is 6.54 Å². The Morgan fingerprint density at radius 1 is 1.20 bits per heavy atom. The molecule has 1 aromatic heterocycles. The Balaban J connectivity index is 1.87. The van der Waals surface area contributed by atoms with E-state index >= 15 is 0 Å². The van der Waals surface area contributed by atoms with E-state index in [1.807, 2.05) is 36.4 Å². The lowest BCUT2D eigenvalue weighted by Crippen LogP contribution is -2.00. The Hall–Kier alpha value is -2.25. The van der Waals surface area contributed by atoms with Crippen molar-refractivity contribution in [2.24, 2.45) is 0 Å². The maximum absolute atomic E-state index is 9.11. The van der Waals surface area contributed by atoms with Crippen LogP contribution in [0.2, 0.25) is 0 Å². The maximum Gasteiger partial charge on any atom is 0.134 e. The lowest BCUT2D eigenvalue weighted by molar-refractivity contribution is 0.611. The molecular formula is C16H11BrN2O. The second kappa shape index (κ2) is 5.40. The largest absolute Gasteiger partial charge is 0.464 e. The third-order valence-electron chi connectivity index (χ3n) is 3.13. The highest BCUT2D eigenvalue weighted by atomic mass is 79.9. The zero-order valence-corrected chi connectivity index (χ0v) is 12.1. The number of rotatable bonds is 3. The molecule has 0 aliphatic rings. The van der Waals surface area contributed by atoms with Crippen molar-refractivity contribution in [2.75, 3.05) is 5.32 Å². The minimum absolute atomic E-state index is 0.613. The first kappa shape index (κ1) is 12.8. The third-order valence-corrected chi connectivity index (χ3v) is 3.63. The van der Waals surface area contributed by atoms with E-state index in [1.54, 1.807) is 12.3 Å². The van der Waals surface area contributed by atoms with Gasteiger partial charge < -0.3 is 9.73 Å². The quantitative estimate of drug-likeness (QED) is 0.760. The number of furan rings is 1. The summed E-state index contributed by atoms with van der Waals surface area (Å²) in [4.78, 5) is 0. The summed E-state index contributed by atoms with van der Waals surface area (Å²) in [6.07, 6.45) is 1.75. The number of hydrogen-bond donors (Lipinski definition) is 1. The molecule has 0 aliphatic heterocycles. The molecule has 1 heterocycles. The zero-order valence-electron chi connectivity index (χ0n) is 10.6. The van der Waals surface area contributed by atoms with Crippen LogP contribution < -0.4 is 5.32 Å². The summed E-state index contributed by atoms with van der Waals surface area (Å²) in [6, 6.07) is 15.6. The molecular weight excluding hydrogens is 316 g/mol. The van der Waals surface area contributed by atoms with E-state index < -0.39 is 0 Å². The number of hydrogen-bond acceptors (Lipinski definition) is 3. The van der Waals surface area contributed by atoms with Crippen LogP contribution in [0.15, 0.2) is 57.6 Å². The number of nitriles is 1. The van der Waals surface area contributed by atoms with E-state index in [0.29, 0.717) is 12.1 Å². The molecule has 0 radical (unpaired) electrons. The summed E-state index contributed by atoms with van der Waals surface area (Å²) in [5, 5.41) is 13.5. The fourth-order valence-electron chi connectivity index (χ4n) is 2.12. The van der Waals surface area contributed by atoms with Crippen molar-refractivity contribution >= 4 is 32.6 Å². The van der Waals surface area contributed by atoms with Gasteiger partial charge in [0, 0.05) is 22.0 Å². The third kappa shape index (κ3) is 2.40. The second-order valence-electron chi connectivity index (χ2n) is 4.41. The second-order valence-corrected chi connectivity index (χ2v) is 5.33. The highest BCUT2D eigenvalue weighted by Gasteiger charge is 2.07. The maximum atomic E-state index is 9.11. The Kier molecular flexibility index (Phi) is 3.44. The molecule has 0 bridgehead atoms. The van der Waals surface area contributed by atoms with Crippen LogP contribution in [0.25, 0.3) is 11.0 Å². The number of nitrogens with zero attached hydrogens (tertiary/aromatic N) is 1. The van der Waals surface area contributed by atoms with Crippen LogP contribution in [0.1, 0.15) is 11.1 Å². The van der Waals surface area contributed by atoms with Crippen LogP contribution in [0.4, 0.5) is 5.69 Å². The summed E-state index contributed by atoms with van der Waals surface area (Å²) in [6.45, 7) is 0.613. The minimum Gasteiger partial charge on any atom is -0.464 e. The summed E-state index contributed by atoms with van der Waals surface area (Å²) in [7, 11) is 0. The van der Waals surface area contributed by atoms with Crippen LogP contribution in [0.5, 0.6) is 0 Å². The van der Waals surface area contributed by atoms with Gasteiger partial charge in [0.15, 0.2) is 0 Å². The molecule has 0 atom stereocenters. The number of nitrogens with one attached hydrogen (secondary N) is 1. The van der Waals surface area contributed by atoms with Gasteiger partial charge in [0.05, 0.1) is 17.5 Å². The van der Waals surface area contributed by atoms with Crippen molar-refractivity contribution < 1.29 is 4.42 Å². The number of halogens is 1. The molecule has 4 heteroatoms. The van der Waals surface area contributed by atoms with Crippen LogP contribution in [0, 0.1) is 11.3 Å². The molecule has 1 N–H and O–H groups in total. The molecule has 20 heavy (non-hydrogen) atoms. The van der Waals surface area contributed by atoms with E-state index in [-0.39, 0.29) is 0 Å². The Morgan fingerprint density at radius 3 is 2.90 bits per heavy atom. The molecule has 98 valence electrons. The summed E-state index contributed by atoms with van der Waals surface area (Å²) < 4.78 is 6.44. The van der Waals surface area contributed by atoms with Gasteiger partial charge in [0.25, 0.3) is 0 Å². The summed E-state index contributed by atoms with van der Waals surface area (Å²) >= 11 is 3.42. The van der Waals surface area contributed by atoms with Gasteiger partial charge in [-0.2, -0.15) is 5.26 Å². The summed E-state index contributed by atoms with van der Waals surface area (Å²) in [5.74, 6) is 0. The molecule has 3 rings (SSSR count). The average molecular weight is 327 g/mol. The van der Waals surface area contributed by atoms with E-state index in [4.69, 9.17) is 9.68 Å². The lowest BCUT2D eigenvalue weighted by Gasteiger charge is -2.07. The van der Waals surface area contributed by atoms with E-state index in [2.05, 4.69) is 27.3 Å². The zero-order chi connectivity index (χ0) is 13.9. The van der Waals surface area contributed by atoms with Crippen molar-refractivity contribution in [1.29, 1.82) is 5.26 Å². The van der Waals surface area contributed by atoms with Crippen molar-refractivity contribution in [2.45, 2.75) is 6.54 Å². The molecule has 0 saturated heterocycles. The van der Waals surface area contributed by atoms with Gasteiger partial charge in [-0.1, -0.05) is 34.1 Å². The molecule has 0 spiro atoms. The average Bonchev–Trinajstić information content (AvgIpc) is 2.88. The smallest absolute Gasteiger partial charge is 0.134 e. The Bertz CT molecular complexity index is 802. The van der Waals surface area contributed by atoms with Crippen molar-refractivity contribution in [3.63, 3.8) is 0 Å². The number of anilines is 1. The summed E-state index contributed by atoms with van der Waals surface area (Å²) in [5.41, 5.74) is 3.39. The van der Waals surface area contributed by atoms with Crippen LogP contribution >= 0.6 is 15.9 Å². The normalized spacial score (nSPS) is 10.4. The number of fused-ring (bicyclic) bond motifs is 1. The lowest BCUT2D eigenvalue weighted by atomic mass is 10.1. The van der Waals surface area contributed by atoms with Crippen molar-refractivity contribution in [3.8, 4) is 6.07 Å². The Morgan fingerprint density at radius 2 is 2.05 bits per heavy atom. The van der Waals surface area contributed by atoms with E-state index in [0.717, 1.165) is 26.7 Å².